The number of hydrogen-bond acceptors (Lipinski definition) is 2. The Morgan fingerprint density at radius 3 is 2.50 bits per heavy atom. The molecule has 0 atom stereocenters. The summed E-state index contributed by atoms with van der Waals surface area (Å²) in [6.45, 7) is 7.35. The van der Waals surface area contributed by atoms with Crippen LogP contribution in [0.5, 0.6) is 0 Å². The van der Waals surface area contributed by atoms with E-state index in [9.17, 15) is 9.18 Å². The third-order valence-electron chi connectivity index (χ3n) is 6.02. The third-order valence-corrected chi connectivity index (χ3v) is 6.02. The number of amides is 1. The van der Waals surface area contributed by atoms with E-state index in [-0.39, 0.29) is 17.1 Å². The van der Waals surface area contributed by atoms with Crippen LogP contribution in [0.3, 0.4) is 0 Å². The second-order valence-corrected chi connectivity index (χ2v) is 8.35. The number of hydrogen-bond donors (Lipinski definition) is 0. The maximum Gasteiger partial charge on any atom is 0.250 e. The van der Waals surface area contributed by atoms with Crippen LogP contribution in [0.4, 0.5) is 10.1 Å². The molecule has 3 nitrogen and oxygen atoms in total. The van der Waals surface area contributed by atoms with E-state index in [4.69, 9.17) is 0 Å². The van der Waals surface area contributed by atoms with Crippen LogP contribution in [-0.4, -0.2) is 30.4 Å². The molecule has 2 aromatic carbocycles. The zero-order chi connectivity index (χ0) is 19.7. The van der Waals surface area contributed by atoms with Crippen molar-refractivity contribution in [2.45, 2.75) is 38.6 Å². The van der Waals surface area contributed by atoms with Gasteiger partial charge in [0.2, 0.25) is 0 Å². The van der Waals surface area contributed by atoms with E-state index >= 15 is 0 Å². The minimum Gasteiger partial charge on any atom is -0.308 e. The van der Waals surface area contributed by atoms with Gasteiger partial charge in [-0.25, -0.2) is 4.39 Å². The van der Waals surface area contributed by atoms with Gasteiger partial charge in [-0.15, -0.1) is 0 Å². The number of rotatable bonds is 3. The number of fused-ring (bicyclic) bond motifs is 2. The molecular formula is C24H27FN2O. The van der Waals surface area contributed by atoms with E-state index in [1.807, 2.05) is 24.8 Å². The van der Waals surface area contributed by atoms with Crippen molar-refractivity contribution in [2.24, 2.45) is 0 Å². The first-order valence-electron chi connectivity index (χ1n) is 10.00. The lowest BCUT2D eigenvalue weighted by molar-refractivity contribution is -0.114. The molecule has 0 saturated carbocycles. The SMILES string of the molecule is CC(C)=CC(=O)N1CC2(CCN(Cc3ccccc3)CC2)c2cc(F)ccc21. The Labute approximate surface area is 166 Å². The summed E-state index contributed by atoms with van der Waals surface area (Å²) in [6.07, 6.45) is 3.56. The quantitative estimate of drug-likeness (QED) is 0.725. The molecule has 4 rings (SSSR count). The van der Waals surface area contributed by atoms with Gasteiger partial charge in [-0.2, -0.15) is 0 Å². The summed E-state index contributed by atoms with van der Waals surface area (Å²) < 4.78 is 14.1. The Kier molecular flexibility index (Phi) is 5.07. The second-order valence-electron chi connectivity index (χ2n) is 8.35. The highest BCUT2D eigenvalue weighted by Crippen LogP contribution is 2.47. The maximum absolute atomic E-state index is 14.1. The Bertz CT molecular complexity index is 894. The predicted molar refractivity (Wildman–Crippen MR) is 111 cm³/mol. The number of halogens is 1. The number of benzene rings is 2. The van der Waals surface area contributed by atoms with E-state index in [1.165, 1.54) is 11.6 Å². The van der Waals surface area contributed by atoms with Crippen LogP contribution >= 0.6 is 0 Å². The third kappa shape index (κ3) is 3.61. The maximum atomic E-state index is 14.1. The molecule has 2 aromatic rings. The highest BCUT2D eigenvalue weighted by molar-refractivity contribution is 6.03. The van der Waals surface area contributed by atoms with Crippen molar-refractivity contribution in [3.8, 4) is 0 Å². The molecule has 1 fully saturated rings. The van der Waals surface area contributed by atoms with Gasteiger partial charge in [0.25, 0.3) is 5.91 Å². The van der Waals surface area contributed by atoms with Gasteiger partial charge in [0, 0.05) is 30.3 Å². The normalized spacial score (nSPS) is 18.2. The molecule has 4 heteroatoms. The predicted octanol–water partition coefficient (Wildman–Crippen LogP) is 4.67. The largest absolute Gasteiger partial charge is 0.308 e. The number of carbonyl (C=O) groups excluding carboxylic acids is 1. The minimum absolute atomic E-state index is 0.00329. The first-order chi connectivity index (χ1) is 13.5. The minimum atomic E-state index is -0.221. The van der Waals surface area contributed by atoms with Crippen LogP contribution in [-0.2, 0) is 16.8 Å². The number of likely N-dealkylation sites (tertiary alicyclic amines) is 1. The number of piperidine rings is 1. The van der Waals surface area contributed by atoms with Crippen molar-refractivity contribution < 1.29 is 9.18 Å². The van der Waals surface area contributed by atoms with Crippen LogP contribution in [0, 0.1) is 5.82 Å². The molecule has 28 heavy (non-hydrogen) atoms. The lowest BCUT2D eigenvalue weighted by atomic mass is 9.74. The first kappa shape index (κ1) is 18.9. The van der Waals surface area contributed by atoms with E-state index in [0.29, 0.717) is 6.54 Å². The summed E-state index contributed by atoms with van der Waals surface area (Å²) in [5, 5.41) is 0. The van der Waals surface area contributed by atoms with Crippen molar-refractivity contribution in [1.82, 2.24) is 4.90 Å². The Hall–Kier alpha value is -2.46. The average molecular weight is 378 g/mol. The van der Waals surface area contributed by atoms with Gasteiger partial charge in [-0.1, -0.05) is 35.9 Å². The summed E-state index contributed by atoms with van der Waals surface area (Å²) in [4.78, 5) is 17.1. The molecule has 146 valence electrons. The molecule has 2 aliphatic heterocycles. The van der Waals surface area contributed by atoms with Crippen molar-refractivity contribution in [1.29, 1.82) is 0 Å². The molecule has 1 saturated heterocycles. The highest BCUT2D eigenvalue weighted by Gasteiger charge is 2.46. The van der Waals surface area contributed by atoms with Crippen LogP contribution < -0.4 is 4.90 Å². The summed E-state index contributed by atoms with van der Waals surface area (Å²) >= 11 is 0. The second kappa shape index (κ2) is 7.51. The fourth-order valence-corrected chi connectivity index (χ4v) is 4.57. The fourth-order valence-electron chi connectivity index (χ4n) is 4.57. The number of carbonyl (C=O) groups is 1. The Morgan fingerprint density at radius 1 is 1.11 bits per heavy atom. The van der Waals surface area contributed by atoms with Crippen LogP contribution in [0.25, 0.3) is 0 Å². The zero-order valence-corrected chi connectivity index (χ0v) is 16.6. The van der Waals surface area contributed by atoms with Gasteiger partial charge in [0.1, 0.15) is 5.82 Å². The fraction of sp³-hybridized carbons (Fsp3) is 0.375. The number of allylic oxidation sites excluding steroid dienone is 1. The van der Waals surface area contributed by atoms with Crippen molar-refractivity contribution in [2.75, 3.05) is 24.5 Å². The summed E-state index contributed by atoms with van der Waals surface area (Å²) in [5.41, 5.74) is 4.03. The Balaban J connectivity index is 1.56. The van der Waals surface area contributed by atoms with E-state index in [0.717, 1.165) is 49.3 Å². The van der Waals surface area contributed by atoms with Gasteiger partial charge in [0.05, 0.1) is 0 Å². The summed E-state index contributed by atoms with van der Waals surface area (Å²) in [5.74, 6) is -0.224. The van der Waals surface area contributed by atoms with Crippen LogP contribution in [0.2, 0.25) is 0 Å². The van der Waals surface area contributed by atoms with Crippen molar-refractivity contribution >= 4 is 11.6 Å². The summed E-state index contributed by atoms with van der Waals surface area (Å²) in [6, 6.07) is 15.4. The molecule has 0 unspecified atom stereocenters. The van der Waals surface area contributed by atoms with Crippen molar-refractivity contribution in [3.63, 3.8) is 0 Å². The van der Waals surface area contributed by atoms with Gasteiger partial charge >= 0.3 is 0 Å². The molecule has 0 bridgehead atoms. The molecule has 0 aromatic heterocycles. The van der Waals surface area contributed by atoms with E-state index in [1.54, 1.807) is 18.2 Å². The molecule has 0 aliphatic carbocycles. The van der Waals surface area contributed by atoms with Gasteiger partial charge in [-0.3, -0.25) is 9.69 Å². The zero-order valence-electron chi connectivity index (χ0n) is 16.6. The molecule has 1 spiro atoms. The van der Waals surface area contributed by atoms with Crippen molar-refractivity contribution in [3.05, 3.63) is 77.1 Å². The van der Waals surface area contributed by atoms with Gasteiger partial charge in [-0.05, 0) is 69.1 Å². The standard InChI is InChI=1S/C24H27FN2O/c1-18(2)14-23(28)27-17-24(21-15-20(25)8-9-22(21)27)10-12-26(13-11-24)16-19-6-4-3-5-7-19/h3-9,14-15H,10-13,16-17H2,1-2H3. The molecule has 1 amide bonds. The molecule has 2 aliphatic rings. The van der Waals surface area contributed by atoms with Crippen LogP contribution in [0.15, 0.2) is 60.2 Å². The Morgan fingerprint density at radius 2 is 1.82 bits per heavy atom. The molecule has 0 N–H and O–H groups in total. The number of anilines is 1. The molecular weight excluding hydrogens is 351 g/mol. The average Bonchev–Trinajstić information content (AvgIpc) is 2.98. The molecule has 2 heterocycles. The smallest absolute Gasteiger partial charge is 0.250 e. The van der Waals surface area contributed by atoms with Gasteiger partial charge in [0.15, 0.2) is 0 Å². The molecule has 0 radical (unpaired) electrons. The van der Waals surface area contributed by atoms with Gasteiger partial charge < -0.3 is 4.90 Å². The summed E-state index contributed by atoms with van der Waals surface area (Å²) in [7, 11) is 0. The monoisotopic (exact) mass is 378 g/mol. The van der Waals surface area contributed by atoms with E-state index < -0.39 is 0 Å². The van der Waals surface area contributed by atoms with Crippen LogP contribution in [0.1, 0.15) is 37.8 Å². The lowest BCUT2D eigenvalue weighted by Crippen LogP contribution is -2.45. The number of nitrogens with zero attached hydrogens (tertiary/aromatic N) is 2. The topological polar surface area (TPSA) is 23.6 Å². The van der Waals surface area contributed by atoms with E-state index in [2.05, 4.69) is 29.2 Å². The highest BCUT2D eigenvalue weighted by atomic mass is 19.1. The lowest BCUT2D eigenvalue weighted by Gasteiger charge is -2.40. The first-order valence-corrected chi connectivity index (χ1v) is 10.00.